The number of nitrogens with zero attached hydrogens (tertiary/aromatic N) is 1. The van der Waals surface area contributed by atoms with Gasteiger partial charge in [0.15, 0.2) is 0 Å². The van der Waals surface area contributed by atoms with Crippen molar-refractivity contribution in [2.75, 3.05) is 14.1 Å². The van der Waals surface area contributed by atoms with Crippen LogP contribution in [0.25, 0.3) is 0 Å². The topological polar surface area (TPSA) is 41.3 Å². The lowest BCUT2D eigenvalue weighted by Gasteiger charge is -2.49. The molecule has 3 heteroatoms. The molecule has 1 fully saturated rings. The molecule has 1 aliphatic carbocycles. The minimum absolute atomic E-state index is 0.265. The van der Waals surface area contributed by atoms with Gasteiger partial charge in [-0.3, -0.25) is 11.3 Å². The van der Waals surface area contributed by atoms with E-state index in [0.717, 1.165) is 0 Å². The monoisotopic (exact) mass is 213 g/mol. The van der Waals surface area contributed by atoms with Gasteiger partial charge in [-0.25, -0.2) is 0 Å². The van der Waals surface area contributed by atoms with E-state index in [1.165, 1.54) is 32.1 Å². The van der Waals surface area contributed by atoms with Gasteiger partial charge in [0.2, 0.25) is 0 Å². The predicted octanol–water partition coefficient (Wildman–Crippen LogP) is 1.74. The SMILES string of the molecule is CC(C)C(NN)C1(N(C)C)CCCCC1. The second kappa shape index (κ2) is 5.28. The van der Waals surface area contributed by atoms with E-state index in [-0.39, 0.29) is 5.54 Å². The van der Waals surface area contributed by atoms with Gasteiger partial charge in [-0.05, 0) is 32.9 Å². The summed E-state index contributed by atoms with van der Waals surface area (Å²) in [6, 6.07) is 0.396. The van der Waals surface area contributed by atoms with Gasteiger partial charge in [-0.2, -0.15) is 0 Å². The highest BCUT2D eigenvalue weighted by atomic mass is 15.3. The Morgan fingerprint density at radius 1 is 1.13 bits per heavy atom. The van der Waals surface area contributed by atoms with Crippen LogP contribution in [-0.4, -0.2) is 30.6 Å². The number of hydrazine groups is 1. The third kappa shape index (κ3) is 2.52. The highest BCUT2D eigenvalue weighted by Gasteiger charge is 2.42. The maximum atomic E-state index is 5.75. The number of hydrogen-bond donors (Lipinski definition) is 2. The number of nitrogens with one attached hydrogen (secondary N) is 1. The van der Waals surface area contributed by atoms with Crippen LogP contribution >= 0.6 is 0 Å². The summed E-state index contributed by atoms with van der Waals surface area (Å²) in [5, 5.41) is 0. The van der Waals surface area contributed by atoms with Gasteiger partial charge in [0.1, 0.15) is 0 Å². The molecular formula is C12H27N3. The molecule has 0 aromatic carbocycles. The standard InChI is InChI=1S/C12H27N3/c1-10(2)11(14-13)12(15(3)4)8-6-5-7-9-12/h10-11,14H,5-9,13H2,1-4H3. The number of rotatable bonds is 4. The number of hydrogen-bond acceptors (Lipinski definition) is 3. The molecule has 0 amide bonds. The molecule has 0 bridgehead atoms. The molecular weight excluding hydrogens is 186 g/mol. The van der Waals surface area contributed by atoms with Crippen LogP contribution < -0.4 is 11.3 Å². The molecule has 0 spiro atoms. The van der Waals surface area contributed by atoms with Crippen LogP contribution in [0.15, 0.2) is 0 Å². The minimum Gasteiger partial charge on any atom is -0.302 e. The Bertz CT molecular complexity index is 183. The number of likely N-dealkylation sites (N-methyl/N-ethyl adjacent to an activating group) is 1. The third-order valence-electron chi connectivity index (χ3n) is 4.04. The van der Waals surface area contributed by atoms with Crippen LogP contribution in [0.2, 0.25) is 0 Å². The molecule has 1 unspecified atom stereocenters. The van der Waals surface area contributed by atoms with Crippen LogP contribution in [0.1, 0.15) is 46.0 Å². The maximum Gasteiger partial charge on any atom is 0.0417 e. The first-order valence-corrected chi connectivity index (χ1v) is 6.18. The fourth-order valence-corrected chi connectivity index (χ4v) is 3.17. The fraction of sp³-hybridized carbons (Fsp3) is 1.00. The first kappa shape index (κ1) is 12.9. The van der Waals surface area contributed by atoms with E-state index in [4.69, 9.17) is 5.84 Å². The summed E-state index contributed by atoms with van der Waals surface area (Å²) in [5.74, 6) is 6.33. The van der Waals surface area contributed by atoms with E-state index >= 15 is 0 Å². The van der Waals surface area contributed by atoms with E-state index in [9.17, 15) is 0 Å². The van der Waals surface area contributed by atoms with Crippen LogP contribution in [0.5, 0.6) is 0 Å². The summed E-state index contributed by atoms with van der Waals surface area (Å²) in [7, 11) is 4.38. The van der Waals surface area contributed by atoms with Crippen molar-refractivity contribution in [2.24, 2.45) is 11.8 Å². The Morgan fingerprint density at radius 3 is 2.00 bits per heavy atom. The smallest absolute Gasteiger partial charge is 0.0417 e. The van der Waals surface area contributed by atoms with Crippen molar-refractivity contribution >= 4 is 0 Å². The van der Waals surface area contributed by atoms with Crippen molar-refractivity contribution in [3.63, 3.8) is 0 Å². The van der Waals surface area contributed by atoms with Gasteiger partial charge in [0.25, 0.3) is 0 Å². The van der Waals surface area contributed by atoms with E-state index in [1.807, 2.05) is 0 Å². The Balaban J connectivity index is 2.87. The van der Waals surface area contributed by atoms with Crippen LogP contribution in [0.3, 0.4) is 0 Å². The van der Waals surface area contributed by atoms with E-state index in [1.54, 1.807) is 0 Å². The van der Waals surface area contributed by atoms with Crippen molar-refractivity contribution in [3.05, 3.63) is 0 Å². The van der Waals surface area contributed by atoms with Crippen molar-refractivity contribution in [2.45, 2.75) is 57.5 Å². The second-order valence-electron chi connectivity index (χ2n) is 5.45. The molecule has 0 saturated heterocycles. The molecule has 15 heavy (non-hydrogen) atoms. The van der Waals surface area contributed by atoms with Crippen LogP contribution in [-0.2, 0) is 0 Å². The van der Waals surface area contributed by atoms with E-state index in [0.29, 0.717) is 12.0 Å². The lowest BCUT2D eigenvalue weighted by molar-refractivity contribution is 0.0387. The Hall–Kier alpha value is -0.120. The highest BCUT2D eigenvalue weighted by molar-refractivity contribution is 5.00. The zero-order valence-electron chi connectivity index (χ0n) is 10.7. The average Bonchev–Trinajstić information content (AvgIpc) is 2.19. The van der Waals surface area contributed by atoms with Crippen LogP contribution in [0, 0.1) is 5.92 Å². The molecule has 90 valence electrons. The molecule has 1 aliphatic rings. The Morgan fingerprint density at radius 2 is 1.67 bits per heavy atom. The van der Waals surface area contributed by atoms with Gasteiger partial charge in [0, 0.05) is 11.6 Å². The molecule has 0 radical (unpaired) electrons. The summed E-state index contributed by atoms with van der Waals surface area (Å²) in [6.45, 7) is 4.51. The third-order valence-corrected chi connectivity index (χ3v) is 4.04. The highest BCUT2D eigenvalue weighted by Crippen LogP contribution is 2.37. The van der Waals surface area contributed by atoms with E-state index < -0.39 is 0 Å². The summed E-state index contributed by atoms with van der Waals surface area (Å²) >= 11 is 0. The normalized spacial score (nSPS) is 23.4. The quantitative estimate of drug-likeness (QED) is 0.552. The molecule has 1 saturated carbocycles. The largest absolute Gasteiger partial charge is 0.302 e. The first-order valence-electron chi connectivity index (χ1n) is 6.18. The maximum absolute atomic E-state index is 5.75. The Labute approximate surface area is 94.4 Å². The van der Waals surface area contributed by atoms with Crippen molar-refractivity contribution < 1.29 is 0 Å². The zero-order chi connectivity index (χ0) is 11.5. The Kier molecular flexibility index (Phi) is 4.56. The predicted molar refractivity (Wildman–Crippen MR) is 65.5 cm³/mol. The number of nitrogens with two attached hydrogens (primary N) is 1. The van der Waals surface area contributed by atoms with Gasteiger partial charge < -0.3 is 4.90 Å². The van der Waals surface area contributed by atoms with E-state index in [2.05, 4.69) is 38.3 Å². The summed E-state index contributed by atoms with van der Waals surface area (Å²) in [5.41, 5.74) is 3.32. The minimum atomic E-state index is 0.265. The average molecular weight is 213 g/mol. The van der Waals surface area contributed by atoms with Gasteiger partial charge in [-0.15, -0.1) is 0 Å². The van der Waals surface area contributed by atoms with Crippen molar-refractivity contribution in [1.82, 2.24) is 10.3 Å². The van der Waals surface area contributed by atoms with Crippen LogP contribution in [0.4, 0.5) is 0 Å². The second-order valence-corrected chi connectivity index (χ2v) is 5.45. The molecule has 3 nitrogen and oxygen atoms in total. The lowest BCUT2D eigenvalue weighted by Crippen LogP contribution is -2.63. The molecule has 1 atom stereocenters. The molecule has 0 aromatic rings. The molecule has 3 N–H and O–H groups in total. The summed E-state index contributed by atoms with van der Waals surface area (Å²) in [4.78, 5) is 2.39. The van der Waals surface area contributed by atoms with Crippen molar-refractivity contribution in [3.8, 4) is 0 Å². The molecule has 1 rings (SSSR count). The fourth-order valence-electron chi connectivity index (χ4n) is 3.17. The van der Waals surface area contributed by atoms with Gasteiger partial charge in [0.05, 0.1) is 0 Å². The lowest BCUT2D eigenvalue weighted by atomic mass is 9.72. The van der Waals surface area contributed by atoms with Crippen molar-refractivity contribution in [1.29, 1.82) is 0 Å². The molecule has 0 heterocycles. The zero-order valence-corrected chi connectivity index (χ0v) is 10.7. The molecule has 0 aliphatic heterocycles. The first-order chi connectivity index (χ1) is 7.04. The van der Waals surface area contributed by atoms with Gasteiger partial charge >= 0.3 is 0 Å². The van der Waals surface area contributed by atoms with Gasteiger partial charge in [-0.1, -0.05) is 33.1 Å². The molecule has 0 aromatic heterocycles. The summed E-state index contributed by atoms with van der Waals surface area (Å²) < 4.78 is 0. The summed E-state index contributed by atoms with van der Waals surface area (Å²) in [6.07, 6.45) is 6.59.